The van der Waals surface area contributed by atoms with Crippen LogP contribution in [0.5, 0.6) is 11.5 Å². The number of carbonyl (C=O) groups is 1. The van der Waals surface area contributed by atoms with Crippen molar-refractivity contribution in [3.63, 3.8) is 0 Å². The standard InChI is InChI=1S/C25H34N2O6S/c1-3-4-15-33-23-11-7-21(18-24(23)31-2)19-26-25(28)12-8-20-5-9-22(10-6-20)34(29,30)27-13-16-32-17-14-27/h5-7,9-11,18H,3-4,8,12-17,19H2,1-2H3,(H,26,28). The molecular formula is C25H34N2O6S. The van der Waals surface area contributed by atoms with Gasteiger partial charge < -0.3 is 19.5 Å². The van der Waals surface area contributed by atoms with Crippen molar-refractivity contribution in [2.45, 2.75) is 44.0 Å². The van der Waals surface area contributed by atoms with Crippen molar-refractivity contribution in [3.05, 3.63) is 53.6 Å². The molecule has 0 atom stereocenters. The number of hydrogen-bond acceptors (Lipinski definition) is 6. The van der Waals surface area contributed by atoms with Crippen molar-refractivity contribution in [3.8, 4) is 11.5 Å². The first kappa shape index (κ1) is 26.0. The predicted molar refractivity (Wildman–Crippen MR) is 130 cm³/mol. The lowest BCUT2D eigenvalue weighted by atomic mass is 10.1. The van der Waals surface area contributed by atoms with Crippen LogP contribution in [0.15, 0.2) is 47.4 Å². The van der Waals surface area contributed by atoms with Crippen LogP contribution in [-0.4, -0.2) is 58.7 Å². The van der Waals surface area contributed by atoms with E-state index in [4.69, 9.17) is 14.2 Å². The van der Waals surface area contributed by atoms with E-state index in [2.05, 4.69) is 12.2 Å². The first-order valence-corrected chi connectivity index (χ1v) is 13.1. The number of rotatable bonds is 12. The molecule has 9 heteroatoms. The Labute approximate surface area is 202 Å². The highest BCUT2D eigenvalue weighted by Gasteiger charge is 2.26. The Kier molecular flexibility index (Phi) is 9.74. The zero-order chi connectivity index (χ0) is 24.4. The van der Waals surface area contributed by atoms with Gasteiger partial charge in [-0.05, 0) is 48.2 Å². The Morgan fingerprint density at radius 1 is 1.06 bits per heavy atom. The minimum Gasteiger partial charge on any atom is -0.493 e. The fraction of sp³-hybridized carbons (Fsp3) is 0.480. The molecule has 1 N–H and O–H groups in total. The Balaban J connectivity index is 1.47. The predicted octanol–water partition coefficient (Wildman–Crippen LogP) is 3.14. The normalized spacial score (nSPS) is 14.5. The van der Waals surface area contributed by atoms with Crippen molar-refractivity contribution < 1.29 is 27.4 Å². The van der Waals surface area contributed by atoms with Gasteiger partial charge in [0, 0.05) is 26.1 Å². The number of nitrogens with one attached hydrogen (secondary N) is 1. The Hall–Kier alpha value is -2.62. The third-order valence-corrected chi connectivity index (χ3v) is 7.56. The molecular weight excluding hydrogens is 456 g/mol. The Morgan fingerprint density at radius 2 is 1.76 bits per heavy atom. The average molecular weight is 491 g/mol. The Bertz CT molecular complexity index is 1030. The van der Waals surface area contributed by atoms with Crippen LogP contribution < -0.4 is 14.8 Å². The van der Waals surface area contributed by atoms with Crippen LogP contribution in [-0.2, 0) is 32.5 Å². The van der Waals surface area contributed by atoms with Crippen LogP contribution >= 0.6 is 0 Å². The fourth-order valence-electron chi connectivity index (χ4n) is 3.58. The van der Waals surface area contributed by atoms with Crippen LogP contribution in [0.3, 0.4) is 0 Å². The monoisotopic (exact) mass is 490 g/mol. The lowest BCUT2D eigenvalue weighted by Crippen LogP contribution is -2.40. The van der Waals surface area contributed by atoms with E-state index >= 15 is 0 Å². The first-order chi connectivity index (χ1) is 16.4. The van der Waals surface area contributed by atoms with Gasteiger partial charge in [-0.1, -0.05) is 31.5 Å². The van der Waals surface area contributed by atoms with E-state index in [0.717, 1.165) is 24.0 Å². The highest BCUT2D eigenvalue weighted by molar-refractivity contribution is 7.89. The molecule has 186 valence electrons. The molecule has 2 aromatic carbocycles. The van der Waals surface area contributed by atoms with E-state index in [1.165, 1.54) is 4.31 Å². The summed E-state index contributed by atoms with van der Waals surface area (Å²) in [5, 5.41) is 2.92. The van der Waals surface area contributed by atoms with E-state index in [-0.39, 0.29) is 10.8 Å². The number of aryl methyl sites for hydroxylation is 1. The summed E-state index contributed by atoms with van der Waals surface area (Å²) in [6.07, 6.45) is 2.87. The third kappa shape index (κ3) is 7.19. The highest BCUT2D eigenvalue weighted by Crippen LogP contribution is 2.28. The van der Waals surface area contributed by atoms with E-state index in [1.807, 2.05) is 18.2 Å². The van der Waals surface area contributed by atoms with E-state index in [9.17, 15) is 13.2 Å². The Morgan fingerprint density at radius 3 is 2.44 bits per heavy atom. The smallest absolute Gasteiger partial charge is 0.243 e. The summed E-state index contributed by atoms with van der Waals surface area (Å²) in [6.45, 7) is 4.70. The number of carbonyl (C=O) groups excluding carboxylic acids is 1. The topological polar surface area (TPSA) is 94.2 Å². The maximum absolute atomic E-state index is 12.7. The summed E-state index contributed by atoms with van der Waals surface area (Å²) in [6, 6.07) is 12.4. The molecule has 0 aromatic heterocycles. The van der Waals surface area contributed by atoms with Crippen LogP contribution in [0.4, 0.5) is 0 Å². The van der Waals surface area contributed by atoms with Gasteiger partial charge in [-0.25, -0.2) is 8.42 Å². The number of hydrogen-bond donors (Lipinski definition) is 1. The largest absolute Gasteiger partial charge is 0.493 e. The van der Waals surface area contributed by atoms with Gasteiger partial charge in [-0.15, -0.1) is 0 Å². The molecule has 3 rings (SSSR count). The zero-order valence-corrected chi connectivity index (χ0v) is 20.7. The second-order valence-corrected chi connectivity index (χ2v) is 10.1. The van der Waals surface area contributed by atoms with Crippen molar-refractivity contribution in [2.24, 2.45) is 0 Å². The van der Waals surface area contributed by atoms with Gasteiger partial charge in [0.25, 0.3) is 0 Å². The van der Waals surface area contributed by atoms with Gasteiger partial charge in [0.1, 0.15) is 0 Å². The minimum atomic E-state index is -3.51. The molecule has 0 radical (unpaired) electrons. The molecule has 0 spiro atoms. The molecule has 0 saturated carbocycles. The van der Waals surface area contributed by atoms with Crippen molar-refractivity contribution in [1.29, 1.82) is 0 Å². The van der Waals surface area contributed by atoms with Gasteiger partial charge in [-0.2, -0.15) is 4.31 Å². The zero-order valence-electron chi connectivity index (χ0n) is 19.9. The molecule has 1 aliphatic rings. The minimum absolute atomic E-state index is 0.0766. The summed E-state index contributed by atoms with van der Waals surface area (Å²) in [7, 11) is -1.91. The summed E-state index contributed by atoms with van der Waals surface area (Å²) < 4.78 is 43.2. The van der Waals surface area contributed by atoms with Gasteiger partial charge in [0.05, 0.1) is 31.8 Å². The maximum atomic E-state index is 12.7. The van der Waals surface area contributed by atoms with E-state index in [1.54, 1.807) is 31.4 Å². The second kappa shape index (κ2) is 12.7. The molecule has 1 aliphatic heterocycles. The van der Waals surface area contributed by atoms with Crippen molar-refractivity contribution >= 4 is 15.9 Å². The molecule has 1 amide bonds. The first-order valence-electron chi connectivity index (χ1n) is 11.7. The quantitative estimate of drug-likeness (QED) is 0.460. The molecule has 0 unspecified atom stereocenters. The molecule has 34 heavy (non-hydrogen) atoms. The second-order valence-electron chi connectivity index (χ2n) is 8.12. The SMILES string of the molecule is CCCCOc1ccc(CNC(=O)CCc2ccc(S(=O)(=O)N3CCOCC3)cc2)cc1OC. The van der Waals surface area contributed by atoms with Gasteiger partial charge in [0.15, 0.2) is 11.5 Å². The van der Waals surface area contributed by atoms with Crippen LogP contribution in [0.2, 0.25) is 0 Å². The van der Waals surface area contributed by atoms with Gasteiger partial charge in [0.2, 0.25) is 15.9 Å². The molecule has 0 aliphatic carbocycles. The number of methoxy groups -OCH3 is 1. The number of sulfonamides is 1. The number of nitrogens with zero attached hydrogens (tertiary/aromatic N) is 1. The van der Waals surface area contributed by atoms with Crippen LogP contribution in [0.25, 0.3) is 0 Å². The maximum Gasteiger partial charge on any atom is 0.243 e. The number of unbranched alkanes of at least 4 members (excludes halogenated alkanes) is 1. The van der Waals surface area contributed by atoms with E-state index in [0.29, 0.717) is 63.8 Å². The summed E-state index contributed by atoms with van der Waals surface area (Å²) in [5.41, 5.74) is 1.83. The number of amides is 1. The van der Waals surface area contributed by atoms with E-state index < -0.39 is 10.0 Å². The summed E-state index contributed by atoms with van der Waals surface area (Å²) in [4.78, 5) is 12.6. The number of benzene rings is 2. The van der Waals surface area contributed by atoms with Crippen LogP contribution in [0, 0.1) is 0 Å². The molecule has 1 fully saturated rings. The molecule has 1 saturated heterocycles. The lowest BCUT2D eigenvalue weighted by molar-refractivity contribution is -0.121. The molecule has 2 aromatic rings. The third-order valence-electron chi connectivity index (χ3n) is 5.65. The molecule has 1 heterocycles. The molecule has 8 nitrogen and oxygen atoms in total. The number of morpholine rings is 1. The van der Waals surface area contributed by atoms with Crippen molar-refractivity contribution in [1.82, 2.24) is 9.62 Å². The number of ether oxygens (including phenoxy) is 3. The van der Waals surface area contributed by atoms with Crippen molar-refractivity contribution in [2.75, 3.05) is 40.0 Å². The van der Waals surface area contributed by atoms with Gasteiger partial charge >= 0.3 is 0 Å². The van der Waals surface area contributed by atoms with Gasteiger partial charge in [-0.3, -0.25) is 4.79 Å². The highest BCUT2D eigenvalue weighted by atomic mass is 32.2. The molecule has 0 bridgehead atoms. The lowest BCUT2D eigenvalue weighted by Gasteiger charge is -2.26. The summed E-state index contributed by atoms with van der Waals surface area (Å²) >= 11 is 0. The van der Waals surface area contributed by atoms with Crippen LogP contribution in [0.1, 0.15) is 37.3 Å². The fourth-order valence-corrected chi connectivity index (χ4v) is 4.99. The summed E-state index contributed by atoms with van der Waals surface area (Å²) in [5.74, 6) is 1.27. The average Bonchev–Trinajstić information content (AvgIpc) is 2.87.